The molecule has 0 saturated heterocycles. The summed E-state index contributed by atoms with van der Waals surface area (Å²) in [5.74, 6) is -1.33. The smallest absolute Gasteiger partial charge is 0.348 e. The maximum Gasteiger partial charge on any atom is 0.348 e. The summed E-state index contributed by atoms with van der Waals surface area (Å²) in [5.41, 5.74) is 7.35. The molecule has 302 valence electrons. The minimum atomic E-state index is -1.05. The van der Waals surface area contributed by atoms with Gasteiger partial charge >= 0.3 is 11.9 Å². The van der Waals surface area contributed by atoms with Gasteiger partial charge in [0.15, 0.2) is 0 Å². The Bertz CT molecular complexity index is 1930. The number of nitrogens with one attached hydrogen (secondary N) is 2. The number of carbonyl (C=O) groups is 3. The lowest BCUT2D eigenvalue weighted by Gasteiger charge is -2.06. The molecule has 0 aliphatic carbocycles. The van der Waals surface area contributed by atoms with Gasteiger partial charge in [0.05, 0.1) is 17.1 Å². The minimum absolute atomic E-state index is 0.0618. The second kappa shape index (κ2) is 22.9. The third kappa shape index (κ3) is 13.9. The fraction of sp³-hybridized carbons (Fsp3) is 0.426. The molecule has 1 unspecified atom stereocenters. The highest BCUT2D eigenvalue weighted by Crippen LogP contribution is 2.34. The summed E-state index contributed by atoms with van der Waals surface area (Å²) >= 11 is 0. The molecule has 10 heteroatoms. The first-order valence-electron chi connectivity index (χ1n) is 20.8. The van der Waals surface area contributed by atoms with E-state index in [0.717, 1.165) is 57.6 Å². The zero-order valence-corrected chi connectivity index (χ0v) is 33.3. The number of hydrogen-bond donors (Lipinski definition) is 4. The molecule has 0 bridgehead atoms. The van der Waals surface area contributed by atoms with E-state index in [0.29, 0.717) is 24.5 Å². The summed E-state index contributed by atoms with van der Waals surface area (Å²) in [7, 11) is 0. The summed E-state index contributed by atoms with van der Waals surface area (Å²) in [5, 5.41) is 25.4. The Morgan fingerprint density at radius 1 is 0.737 bits per heavy atom. The molecule has 5 rings (SSSR count). The summed E-state index contributed by atoms with van der Waals surface area (Å²) in [6, 6.07) is 23.3. The average molecular weight is 775 g/mol. The first-order valence-corrected chi connectivity index (χ1v) is 20.8. The van der Waals surface area contributed by atoms with Gasteiger partial charge in [0.1, 0.15) is 5.82 Å². The Morgan fingerprint density at radius 3 is 1.88 bits per heavy atom. The number of aromatic amines is 1. The first-order chi connectivity index (χ1) is 27.8. The van der Waals surface area contributed by atoms with Crippen LogP contribution in [0.1, 0.15) is 126 Å². The van der Waals surface area contributed by atoms with Crippen molar-refractivity contribution < 1.29 is 29.4 Å². The molecule has 0 saturated carbocycles. The van der Waals surface area contributed by atoms with Crippen molar-refractivity contribution in [3.63, 3.8) is 0 Å². The fourth-order valence-electron chi connectivity index (χ4n) is 7.03. The van der Waals surface area contributed by atoms with Crippen LogP contribution in [-0.2, 0) is 25.6 Å². The van der Waals surface area contributed by atoms with Crippen LogP contribution in [0.5, 0.6) is 0 Å². The maximum atomic E-state index is 12.5. The standard InChI is InChI=1S/C47H58N4O6/c1-2-3-4-5-6-7-8-9-10-11-12-13-14-15-32-48-42(52)30-20-34-16-22-37(23-17-34)44-45(38-24-18-35(19-25-38)21-31-43(53)54)50-46(49-44)39-28-26-36(27-29-39)40-33-41(47(55)56)57-51-40/h16-20,22-30,41H,2-15,21,31-33H2,1H3,(H,48,52)(H,49,50)(H,53,54)(H,55,56)/b30-20+. The number of rotatable bonds is 25. The Hall–Kier alpha value is -5.51. The third-order valence-electron chi connectivity index (χ3n) is 10.5. The molecule has 0 fully saturated rings. The summed E-state index contributed by atoms with van der Waals surface area (Å²) < 4.78 is 0. The summed E-state index contributed by atoms with van der Waals surface area (Å²) in [6.45, 7) is 2.95. The molecule has 10 nitrogen and oxygen atoms in total. The van der Waals surface area contributed by atoms with Crippen LogP contribution < -0.4 is 5.32 Å². The van der Waals surface area contributed by atoms with E-state index in [1.807, 2.05) is 78.9 Å². The van der Waals surface area contributed by atoms with Gasteiger partial charge in [0.2, 0.25) is 12.0 Å². The van der Waals surface area contributed by atoms with Gasteiger partial charge in [-0.1, -0.05) is 168 Å². The van der Waals surface area contributed by atoms with Crippen molar-refractivity contribution in [2.45, 2.75) is 122 Å². The van der Waals surface area contributed by atoms with E-state index in [9.17, 15) is 19.5 Å². The molecule has 1 aromatic heterocycles. The van der Waals surface area contributed by atoms with Crippen LogP contribution in [0.2, 0.25) is 0 Å². The molecule has 1 amide bonds. The second-order valence-corrected chi connectivity index (χ2v) is 15.0. The molecular weight excluding hydrogens is 717 g/mol. The summed E-state index contributed by atoms with van der Waals surface area (Å²) in [6.07, 6.45) is 21.4. The number of hydrogen-bond acceptors (Lipinski definition) is 6. The Balaban J connectivity index is 1.14. The van der Waals surface area contributed by atoms with Gasteiger partial charge in [-0.3, -0.25) is 9.59 Å². The quantitative estimate of drug-likeness (QED) is 0.0386. The lowest BCUT2D eigenvalue weighted by Crippen LogP contribution is -2.21. The number of oxime groups is 1. The number of carboxylic acids is 2. The number of amides is 1. The van der Waals surface area contributed by atoms with Crippen LogP contribution in [0.4, 0.5) is 0 Å². The highest BCUT2D eigenvalue weighted by Gasteiger charge is 2.28. The SMILES string of the molecule is CCCCCCCCCCCCCCCCNC(=O)/C=C/c1ccc(-c2nc(-c3ccc(C4=NOC(C(=O)O)C4)cc3)[nH]c2-c2ccc(CCC(=O)O)cc2)cc1. The van der Waals surface area contributed by atoms with Crippen LogP contribution >= 0.6 is 0 Å². The molecule has 2 heterocycles. The van der Waals surface area contributed by atoms with E-state index in [4.69, 9.17) is 14.9 Å². The van der Waals surface area contributed by atoms with Crippen molar-refractivity contribution in [2.24, 2.45) is 5.16 Å². The number of benzene rings is 3. The highest BCUT2D eigenvalue weighted by atomic mass is 16.7. The fourth-order valence-corrected chi connectivity index (χ4v) is 7.03. The van der Waals surface area contributed by atoms with Crippen molar-refractivity contribution in [1.29, 1.82) is 0 Å². The van der Waals surface area contributed by atoms with E-state index >= 15 is 0 Å². The molecule has 0 spiro atoms. The molecule has 57 heavy (non-hydrogen) atoms. The van der Waals surface area contributed by atoms with Crippen LogP contribution in [-0.4, -0.2) is 56.4 Å². The van der Waals surface area contributed by atoms with Gasteiger partial charge in [0.25, 0.3) is 0 Å². The molecule has 4 N–H and O–H groups in total. The number of imidazole rings is 1. The zero-order chi connectivity index (χ0) is 40.2. The first kappa shape index (κ1) is 42.6. The van der Waals surface area contributed by atoms with E-state index in [-0.39, 0.29) is 18.7 Å². The van der Waals surface area contributed by atoms with Gasteiger partial charge in [0, 0.05) is 42.2 Å². The molecule has 4 aromatic rings. The lowest BCUT2D eigenvalue weighted by atomic mass is 10.0. The van der Waals surface area contributed by atoms with Gasteiger partial charge in [-0.2, -0.15) is 0 Å². The van der Waals surface area contributed by atoms with Gasteiger partial charge in [-0.05, 0) is 35.6 Å². The number of aryl methyl sites for hydroxylation is 1. The predicted molar refractivity (Wildman–Crippen MR) is 227 cm³/mol. The molecule has 1 aliphatic rings. The van der Waals surface area contributed by atoms with Gasteiger partial charge < -0.3 is 25.4 Å². The van der Waals surface area contributed by atoms with Crippen molar-refractivity contribution in [3.05, 3.63) is 95.6 Å². The summed E-state index contributed by atoms with van der Waals surface area (Å²) in [4.78, 5) is 48.5. The topological polar surface area (TPSA) is 154 Å². The number of unbranched alkanes of at least 4 members (excludes halogenated alkanes) is 13. The molecular formula is C47H58N4O6. The van der Waals surface area contributed by atoms with E-state index in [1.54, 1.807) is 6.08 Å². The van der Waals surface area contributed by atoms with Gasteiger partial charge in [-0.25, -0.2) is 9.78 Å². The Kier molecular flexibility index (Phi) is 17.1. The van der Waals surface area contributed by atoms with E-state index in [1.165, 1.54) is 77.0 Å². The van der Waals surface area contributed by atoms with Crippen molar-refractivity contribution in [1.82, 2.24) is 15.3 Å². The normalized spacial score (nSPS) is 13.8. The Morgan fingerprint density at radius 2 is 1.30 bits per heavy atom. The third-order valence-corrected chi connectivity index (χ3v) is 10.5. The Labute approximate surface area is 336 Å². The number of carboxylic acid groups (broad SMARTS) is 2. The molecule has 1 atom stereocenters. The highest BCUT2D eigenvalue weighted by molar-refractivity contribution is 6.03. The second-order valence-electron chi connectivity index (χ2n) is 15.0. The number of aromatic nitrogens is 2. The van der Waals surface area contributed by atoms with Crippen LogP contribution in [0.15, 0.2) is 84.0 Å². The number of nitrogens with zero attached hydrogens (tertiary/aromatic N) is 2. The predicted octanol–water partition coefficient (Wildman–Crippen LogP) is 10.6. The monoisotopic (exact) mass is 774 g/mol. The van der Waals surface area contributed by atoms with E-state index < -0.39 is 18.0 Å². The largest absolute Gasteiger partial charge is 0.481 e. The van der Waals surface area contributed by atoms with Crippen LogP contribution in [0.3, 0.4) is 0 Å². The molecule has 3 aromatic carbocycles. The zero-order valence-electron chi connectivity index (χ0n) is 33.3. The van der Waals surface area contributed by atoms with Gasteiger partial charge in [-0.15, -0.1) is 0 Å². The minimum Gasteiger partial charge on any atom is -0.481 e. The van der Waals surface area contributed by atoms with E-state index in [2.05, 4.69) is 22.4 Å². The number of H-pyrrole nitrogens is 1. The lowest BCUT2D eigenvalue weighted by molar-refractivity contribution is -0.148. The van der Waals surface area contributed by atoms with Crippen LogP contribution in [0.25, 0.3) is 40.0 Å². The average Bonchev–Trinajstić information content (AvgIpc) is 3.91. The van der Waals surface area contributed by atoms with Crippen molar-refractivity contribution in [2.75, 3.05) is 6.54 Å². The molecule has 0 radical (unpaired) electrons. The maximum absolute atomic E-state index is 12.5. The molecule has 1 aliphatic heterocycles. The van der Waals surface area contributed by atoms with Crippen LogP contribution in [0, 0.1) is 0 Å². The van der Waals surface area contributed by atoms with Crippen molar-refractivity contribution in [3.8, 4) is 33.9 Å². The number of aliphatic carboxylic acids is 2. The van der Waals surface area contributed by atoms with Crippen molar-refractivity contribution >= 4 is 29.6 Å². The number of carbonyl (C=O) groups excluding carboxylic acids is 1.